The first kappa shape index (κ1) is 21.4. The van der Waals surface area contributed by atoms with Crippen molar-refractivity contribution in [2.24, 2.45) is 7.05 Å². The molecule has 3 heterocycles. The molecule has 0 bridgehead atoms. The zero-order valence-corrected chi connectivity index (χ0v) is 18.8. The molecule has 0 spiro atoms. The van der Waals surface area contributed by atoms with E-state index in [1.807, 2.05) is 31.2 Å². The number of anilines is 2. The normalized spacial score (nSPS) is 12.2. The summed E-state index contributed by atoms with van der Waals surface area (Å²) in [6.45, 7) is 2.02. The first-order valence-corrected chi connectivity index (χ1v) is 10.8. The molecule has 1 unspecified atom stereocenters. The third kappa shape index (κ3) is 3.81. The van der Waals surface area contributed by atoms with Gasteiger partial charge in [-0.05, 0) is 47.7 Å². The molecular weight excluding hydrogens is 431 g/mol. The van der Waals surface area contributed by atoms with E-state index in [0.29, 0.717) is 40.0 Å². The number of nitrogens with two attached hydrogens (primary N) is 2. The van der Waals surface area contributed by atoms with Crippen molar-refractivity contribution in [3.63, 3.8) is 0 Å². The van der Waals surface area contributed by atoms with Crippen LogP contribution in [0.1, 0.15) is 35.5 Å². The molecule has 8 nitrogen and oxygen atoms in total. The third-order valence-corrected chi connectivity index (χ3v) is 5.85. The Morgan fingerprint density at radius 2 is 1.79 bits per heavy atom. The fourth-order valence-electron chi connectivity index (χ4n) is 4.12. The van der Waals surface area contributed by atoms with Gasteiger partial charge in [0, 0.05) is 36.1 Å². The van der Waals surface area contributed by atoms with E-state index in [1.165, 1.54) is 12.4 Å². The number of nitrogen functional groups attached to an aromatic ring is 2. The van der Waals surface area contributed by atoms with E-state index in [1.54, 1.807) is 36.3 Å². The van der Waals surface area contributed by atoms with Gasteiger partial charge in [0.15, 0.2) is 5.82 Å². The minimum absolute atomic E-state index is 0.336. The van der Waals surface area contributed by atoms with Crippen LogP contribution in [-0.2, 0) is 13.5 Å². The van der Waals surface area contributed by atoms with Crippen molar-refractivity contribution in [2.75, 3.05) is 11.5 Å². The van der Waals surface area contributed by atoms with Crippen LogP contribution in [0.3, 0.4) is 0 Å². The number of halogens is 1. The first-order valence-electron chi connectivity index (χ1n) is 10.8. The van der Waals surface area contributed by atoms with Gasteiger partial charge in [-0.25, -0.2) is 24.3 Å². The number of hydrogen-bond donors (Lipinski definition) is 2. The fourth-order valence-corrected chi connectivity index (χ4v) is 4.12. The molecule has 0 saturated heterocycles. The largest absolute Gasteiger partial charge is 0.399 e. The minimum Gasteiger partial charge on any atom is -0.399 e. The molecule has 0 aliphatic rings. The van der Waals surface area contributed by atoms with Gasteiger partial charge in [0.25, 0.3) is 0 Å². The molecule has 34 heavy (non-hydrogen) atoms. The van der Waals surface area contributed by atoms with Gasteiger partial charge < -0.3 is 11.5 Å². The van der Waals surface area contributed by atoms with Crippen molar-refractivity contribution in [1.29, 1.82) is 0 Å². The molecule has 9 heteroatoms. The van der Waals surface area contributed by atoms with E-state index in [4.69, 9.17) is 16.5 Å². The average Bonchev–Trinajstić information content (AvgIpc) is 3.22. The van der Waals surface area contributed by atoms with Gasteiger partial charge in [-0.3, -0.25) is 4.68 Å². The Balaban J connectivity index is 1.76. The molecule has 4 N–H and O–H groups in total. The molecular formula is C25H23FN8. The lowest BCUT2D eigenvalue weighted by molar-refractivity contribution is 0.591. The average molecular weight is 455 g/mol. The SMILES string of the molecule is CCc1ccc(F)c(C(c2cc3cc(N)ccc3c(N)n2)c2nc(-c3cncnc3)nn2C)c1. The van der Waals surface area contributed by atoms with Crippen molar-refractivity contribution in [3.05, 3.63) is 89.6 Å². The maximum Gasteiger partial charge on any atom is 0.184 e. The summed E-state index contributed by atoms with van der Waals surface area (Å²) in [4.78, 5) is 17.5. The maximum absolute atomic E-state index is 15.3. The quantitative estimate of drug-likeness (QED) is 0.387. The van der Waals surface area contributed by atoms with Crippen molar-refractivity contribution >= 4 is 22.3 Å². The molecule has 1 atom stereocenters. The highest BCUT2D eigenvalue weighted by atomic mass is 19.1. The highest BCUT2D eigenvalue weighted by Gasteiger charge is 2.28. The highest BCUT2D eigenvalue weighted by molar-refractivity contribution is 5.93. The second-order valence-corrected chi connectivity index (χ2v) is 8.10. The Morgan fingerprint density at radius 3 is 2.56 bits per heavy atom. The van der Waals surface area contributed by atoms with Crippen LogP contribution in [0.5, 0.6) is 0 Å². The van der Waals surface area contributed by atoms with Crippen molar-refractivity contribution < 1.29 is 4.39 Å². The summed E-state index contributed by atoms with van der Waals surface area (Å²) in [5, 5.41) is 6.14. The van der Waals surface area contributed by atoms with Crippen LogP contribution < -0.4 is 11.5 Å². The summed E-state index contributed by atoms with van der Waals surface area (Å²) in [6.07, 6.45) is 5.47. The van der Waals surface area contributed by atoms with E-state index in [-0.39, 0.29) is 5.82 Å². The van der Waals surface area contributed by atoms with Gasteiger partial charge in [-0.15, -0.1) is 0 Å². The van der Waals surface area contributed by atoms with Gasteiger partial charge in [0.2, 0.25) is 0 Å². The molecule has 5 rings (SSSR count). The topological polar surface area (TPSA) is 121 Å². The minimum atomic E-state index is -0.657. The number of aromatic nitrogens is 6. The lowest BCUT2D eigenvalue weighted by Gasteiger charge is -2.19. The van der Waals surface area contributed by atoms with Crippen LogP contribution in [0.15, 0.2) is 61.2 Å². The molecule has 0 aliphatic heterocycles. The van der Waals surface area contributed by atoms with Crippen LogP contribution in [0.25, 0.3) is 22.2 Å². The zero-order chi connectivity index (χ0) is 23.8. The number of benzene rings is 2. The maximum atomic E-state index is 15.3. The molecule has 2 aromatic carbocycles. The summed E-state index contributed by atoms with van der Waals surface area (Å²) in [5.74, 6) is 0.274. The monoisotopic (exact) mass is 454 g/mol. The van der Waals surface area contributed by atoms with Gasteiger partial charge in [0.05, 0.1) is 17.2 Å². The predicted octanol–water partition coefficient (Wildman–Crippen LogP) is 3.87. The van der Waals surface area contributed by atoms with E-state index in [0.717, 1.165) is 22.8 Å². The third-order valence-electron chi connectivity index (χ3n) is 5.85. The Kier molecular flexibility index (Phi) is 5.37. The number of rotatable bonds is 5. The second kappa shape index (κ2) is 8.51. The summed E-state index contributed by atoms with van der Waals surface area (Å²) in [7, 11) is 1.77. The predicted molar refractivity (Wildman–Crippen MR) is 129 cm³/mol. The molecule has 3 aromatic heterocycles. The van der Waals surface area contributed by atoms with Gasteiger partial charge >= 0.3 is 0 Å². The van der Waals surface area contributed by atoms with E-state index in [2.05, 4.69) is 20.1 Å². The van der Waals surface area contributed by atoms with Crippen molar-refractivity contribution in [2.45, 2.75) is 19.3 Å². The smallest absolute Gasteiger partial charge is 0.184 e. The van der Waals surface area contributed by atoms with Gasteiger partial charge in [-0.2, -0.15) is 5.10 Å². The van der Waals surface area contributed by atoms with Crippen LogP contribution in [-0.4, -0.2) is 29.7 Å². The second-order valence-electron chi connectivity index (χ2n) is 8.10. The van der Waals surface area contributed by atoms with Crippen molar-refractivity contribution in [1.82, 2.24) is 29.7 Å². The molecule has 0 radical (unpaired) electrons. The number of pyridine rings is 1. The van der Waals surface area contributed by atoms with Gasteiger partial charge in [-0.1, -0.05) is 19.1 Å². The fraction of sp³-hybridized carbons (Fsp3) is 0.160. The van der Waals surface area contributed by atoms with Gasteiger partial charge in [0.1, 0.15) is 23.8 Å². The lowest BCUT2D eigenvalue weighted by Crippen LogP contribution is -2.14. The summed E-state index contributed by atoms with van der Waals surface area (Å²) >= 11 is 0. The van der Waals surface area contributed by atoms with E-state index < -0.39 is 5.92 Å². The lowest BCUT2D eigenvalue weighted by atomic mass is 9.91. The summed E-state index contributed by atoms with van der Waals surface area (Å²) in [5.41, 5.74) is 15.6. The van der Waals surface area contributed by atoms with Crippen molar-refractivity contribution in [3.8, 4) is 11.4 Å². The highest BCUT2D eigenvalue weighted by Crippen LogP contribution is 2.35. The zero-order valence-electron chi connectivity index (χ0n) is 18.8. The summed E-state index contributed by atoms with van der Waals surface area (Å²) < 4.78 is 16.9. The van der Waals surface area contributed by atoms with E-state index >= 15 is 4.39 Å². The molecule has 0 fully saturated rings. The molecule has 5 aromatic rings. The molecule has 170 valence electrons. The Bertz CT molecular complexity index is 1500. The van der Waals surface area contributed by atoms with Crippen LogP contribution in [0, 0.1) is 5.82 Å². The van der Waals surface area contributed by atoms with E-state index in [9.17, 15) is 0 Å². The number of aryl methyl sites for hydroxylation is 2. The first-order chi connectivity index (χ1) is 16.4. The molecule has 0 aliphatic carbocycles. The standard InChI is InChI=1S/C25H23FN8/c1-3-14-4-7-20(26)19(8-14)22(21-10-15-9-17(27)5-6-18(15)23(28)31-21)25-32-24(33-34(25)2)16-11-29-13-30-12-16/h4-13,22H,3,27H2,1-2H3,(H2,28,31). The number of fused-ring (bicyclic) bond motifs is 1. The Labute approximate surface area is 195 Å². The Morgan fingerprint density at radius 1 is 1.00 bits per heavy atom. The summed E-state index contributed by atoms with van der Waals surface area (Å²) in [6, 6.07) is 12.4. The Hall–Kier alpha value is -4.40. The van der Waals surface area contributed by atoms with Crippen LogP contribution >= 0.6 is 0 Å². The molecule has 0 amide bonds. The van der Waals surface area contributed by atoms with Crippen LogP contribution in [0.2, 0.25) is 0 Å². The van der Waals surface area contributed by atoms with Crippen LogP contribution in [0.4, 0.5) is 15.9 Å². The molecule has 0 saturated carbocycles. The number of nitrogens with zero attached hydrogens (tertiary/aromatic N) is 6. The number of hydrogen-bond acceptors (Lipinski definition) is 7.